The molecule has 7 nitrogen and oxygen atoms in total. The number of anilines is 1. The molecule has 0 aromatic heterocycles. The number of carbonyl (C=O) groups excluding carboxylic acids is 2. The zero-order chi connectivity index (χ0) is 27.9. The molecule has 2 amide bonds. The fraction of sp³-hybridized carbons (Fsp3) is 0.286. The zero-order valence-electron chi connectivity index (χ0n) is 21.5. The third kappa shape index (κ3) is 7.36. The average molecular weight is 621 g/mol. The summed E-state index contributed by atoms with van der Waals surface area (Å²) < 4.78 is 29.3. The number of rotatable bonds is 11. The first kappa shape index (κ1) is 29.7. The van der Waals surface area contributed by atoms with Crippen LogP contribution in [0.25, 0.3) is 0 Å². The lowest BCUT2D eigenvalue weighted by molar-refractivity contribution is -0.139. The van der Waals surface area contributed by atoms with E-state index in [1.165, 1.54) is 17.0 Å². The Morgan fingerprint density at radius 1 is 0.947 bits per heavy atom. The Morgan fingerprint density at radius 3 is 2.16 bits per heavy atom. The Kier molecular flexibility index (Phi) is 10.4. The Balaban J connectivity index is 2.02. The molecule has 0 fully saturated rings. The summed E-state index contributed by atoms with van der Waals surface area (Å²) in [5, 5.41) is 3.36. The second kappa shape index (κ2) is 13.3. The van der Waals surface area contributed by atoms with Gasteiger partial charge in [-0.3, -0.25) is 13.9 Å². The minimum atomic E-state index is -4.10. The smallest absolute Gasteiger partial charge is 0.264 e. The maximum atomic E-state index is 13.9. The van der Waals surface area contributed by atoms with Crippen molar-refractivity contribution in [3.8, 4) is 0 Å². The first-order valence-corrected chi connectivity index (χ1v) is 14.8. The molecule has 10 heteroatoms. The van der Waals surface area contributed by atoms with E-state index in [2.05, 4.69) is 21.2 Å². The summed E-state index contributed by atoms with van der Waals surface area (Å²) in [4.78, 5) is 28.4. The fourth-order valence-corrected chi connectivity index (χ4v) is 5.61. The molecule has 0 heterocycles. The van der Waals surface area contributed by atoms with Gasteiger partial charge in [0.25, 0.3) is 10.0 Å². The van der Waals surface area contributed by atoms with Crippen molar-refractivity contribution in [1.82, 2.24) is 10.2 Å². The highest BCUT2D eigenvalue weighted by molar-refractivity contribution is 9.10. The van der Waals surface area contributed by atoms with Gasteiger partial charge in [0.05, 0.1) is 10.6 Å². The topological polar surface area (TPSA) is 86.8 Å². The number of sulfonamides is 1. The summed E-state index contributed by atoms with van der Waals surface area (Å²) >= 11 is 9.75. The van der Waals surface area contributed by atoms with Gasteiger partial charge in [0.2, 0.25) is 11.8 Å². The number of benzene rings is 3. The minimum absolute atomic E-state index is 0.0349. The molecule has 0 aliphatic carbocycles. The van der Waals surface area contributed by atoms with E-state index < -0.39 is 28.5 Å². The molecule has 0 radical (unpaired) electrons. The van der Waals surface area contributed by atoms with E-state index in [1.54, 1.807) is 73.7 Å². The van der Waals surface area contributed by atoms with E-state index in [0.29, 0.717) is 16.3 Å². The molecule has 3 aromatic carbocycles. The van der Waals surface area contributed by atoms with Crippen LogP contribution in [0.2, 0.25) is 5.02 Å². The molecule has 3 aromatic rings. The molecule has 0 aliphatic heterocycles. The van der Waals surface area contributed by atoms with Gasteiger partial charge in [0, 0.05) is 22.1 Å². The van der Waals surface area contributed by atoms with Crippen LogP contribution in [0, 0.1) is 0 Å². The third-order valence-corrected chi connectivity index (χ3v) is 8.88. The van der Waals surface area contributed by atoms with Crippen molar-refractivity contribution in [2.75, 3.05) is 10.8 Å². The van der Waals surface area contributed by atoms with Crippen LogP contribution in [0.15, 0.2) is 88.2 Å². The molecule has 0 bridgehead atoms. The van der Waals surface area contributed by atoms with Crippen molar-refractivity contribution >= 4 is 55.1 Å². The number of halogens is 2. The maximum Gasteiger partial charge on any atom is 0.264 e. The van der Waals surface area contributed by atoms with Gasteiger partial charge < -0.3 is 10.2 Å². The number of hydrogen-bond acceptors (Lipinski definition) is 4. The predicted octanol–water partition coefficient (Wildman–Crippen LogP) is 5.63. The van der Waals surface area contributed by atoms with Crippen molar-refractivity contribution in [2.24, 2.45) is 0 Å². The van der Waals surface area contributed by atoms with E-state index in [0.717, 1.165) is 15.2 Å². The molecular weight excluding hydrogens is 590 g/mol. The van der Waals surface area contributed by atoms with Gasteiger partial charge in [-0.05, 0) is 68.3 Å². The van der Waals surface area contributed by atoms with Gasteiger partial charge in [-0.2, -0.15) is 0 Å². The van der Waals surface area contributed by atoms with Crippen molar-refractivity contribution in [3.05, 3.63) is 93.9 Å². The van der Waals surface area contributed by atoms with Crippen LogP contribution in [0.3, 0.4) is 0 Å². The minimum Gasteiger partial charge on any atom is -0.352 e. The van der Waals surface area contributed by atoms with Crippen molar-refractivity contribution in [2.45, 2.75) is 50.7 Å². The number of hydrogen-bond donors (Lipinski definition) is 1. The molecule has 2 atom stereocenters. The van der Waals surface area contributed by atoms with Crippen molar-refractivity contribution in [3.63, 3.8) is 0 Å². The fourth-order valence-electron chi connectivity index (χ4n) is 3.71. The predicted molar refractivity (Wildman–Crippen MR) is 154 cm³/mol. The Morgan fingerprint density at radius 2 is 1.55 bits per heavy atom. The van der Waals surface area contributed by atoms with E-state index in [9.17, 15) is 18.0 Å². The van der Waals surface area contributed by atoms with E-state index >= 15 is 0 Å². The van der Waals surface area contributed by atoms with E-state index in [1.807, 2.05) is 13.8 Å². The first-order valence-electron chi connectivity index (χ1n) is 12.2. The number of carbonyl (C=O) groups is 2. The molecule has 2 unspecified atom stereocenters. The molecule has 0 spiro atoms. The van der Waals surface area contributed by atoms with Crippen LogP contribution in [-0.4, -0.2) is 43.8 Å². The Labute approximate surface area is 238 Å². The summed E-state index contributed by atoms with van der Waals surface area (Å²) in [5.74, 6) is -0.875. The van der Waals surface area contributed by atoms with Crippen LogP contribution in [0.1, 0.15) is 32.8 Å². The lowest BCUT2D eigenvalue weighted by Crippen LogP contribution is -2.52. The Hall–Kier alpha value is -2.88. The van der Waals surface area contributed by atoms with Crippen LogP contribution in [-0.2, 0) is 26.2 Å². The summed E-state index contributed by atoms with van der Waals surface area (Å²) in [7, 11) is -4.10. The van der Waals surface area contributed by atoms with Gasteiger partial charge in [0.15, 0.2) is 0 Å². The third-order valence-electron chi connectivity index (χ3n) is 6.19. The molecule has 0 saturated heterocycles. The highest BCUT2D eigenvalue weighted by Gasteiger charge is 2.33. The SMILES string of the molecule is CCC(C)NC(=O)C(C)N(Cc1ccccc1Cl)C(=O)CN(c1ccc(Br)cc1)S(=O)(=O)c1ccccc1. The van der Waals surface area contributed by atoms with Crippen LogP contribution >= 0.6 is 27.5 Å². The van der Waals surface area contributed by atoms with Gasteiger partial charge >= 0.3 is 0 Å². The van der Waals surface area contributed by atoms with Crippen LogP contribution in [0.4, 0.5) is 5.69 Å². The van der Waals surface area contributed by atoms with Gasteiger partial charge in [-0.15, -0.1) is 0 Å². The van der Waals surface area contributed by atoms with E-state index in [4.69, 9.17) is 11.6 Å². The maximum absolute atomic E-state index is 13.9. The Bertz CT molecular complexity index is 1350. The second-order valence-electron chi connectivity index (χ2n) is 8.91. The summed E-state index contributed by atoms with van der Waals surface area (Å²) in [5.41, 5.74) is 0.964. The van der Waals surface area contributed by atoms with Gasteiger partial charge in [-0.25, -0.2) is 8.42 Å². The second-order valence-corrected chi connectivity index (χ2v) is 12.1. The largest absolute Gasteiger partial charge is 0.352 e. The molecule has 202 valence electrons. The zero-order valence-corrected chi connectivity index (χ0v) is 24.6. The molecule has 3 rings (SSSR count). The molecule has 38 heavy (non-hydrogen) atoms. The summed E-state index contributed by atoms with van der Waals surface area (Å²) in [6.45, 7) is 4.99. The lowest BCUT2D eigenvalue weighted by atomic mass is 10.1. The highest BCUT2D eigenvalue weighted by atomic mass is 79.9. The van der Waals surface area contributed by atoms with Gasteiger partial charge in [0.1, 0.15) is 12.6 Å². The van der Waals surface area contributed by atoms with Crippen molar-refractivity contribution < 1.29 is 18.0 Å². The van der Waals surface area contributed by atoms with Crippen LogP contribution in [0.5, 0.6) is 0 Å². The molecule has 0 aliphatic rings. The number of amides is 2. The van der Waals surface area contributed by atoms with Crippen molar-refractivity contribution in [1.29, 1.82) is 0 Å². The first-order chi connectivity index (χ1) is 18.0. The summed E-state index contributed by atoms with van der Waals surface area (Å²) in [6, 6.07) is 20.7. The number of nitrogens with zero attached hydrogens (tertiary/aromatic N) is 2. The normalized spacial score (nSPS) is 12.9. The molecule has 0 saturated carbocycles. The monoisotopic (exact) mass is 619 g/mol. The highest BCUT2D eigenvalue weighted by Crippen LogP contribution is 2.26. The van der Waals surface area contributed by atoms with E-state index in [-0.39, 0.29) is 23.4 Å². The molecular formula is C28H31BrClN3O4S. The standard InChI is InChI=1S/C28H31BrClN3O4S/c1-4-20(2)31-28(35)21(3)32(18-22-10-8-9-13-26(22)30)27(34)19-33(24-16-14-23(29)15-17-24)38(36,37)25-11-6-5-7-12-25/h5-17,20-21H,4,18-19H2,1-3H3,(H,31,35). The van der Waals surface area contributed by atoms with Gasteiger partial charge in [-0.1, -0.05) is 70.9 Å². The quantitative estimate of drug-likeness (QED) is 0.301. The molecule has 1 N–H and O–H groups in total. The summed E-state index contributed by atoms with van der Waals surface area (Å²) in [6.07, 6.45) is 0.726. The lowest BCUT2D eigenvalue weighted by Gasteiger charge is -2.32. The average Bonchev–Trinajstić information content (AvgIpc) is 2.91. The van der Waals surface area contributed by atoms with Crippen LogP contribution < -0.4 is 9.62 Å². The number of nitrogens with one attached hydrogen (secondary N) is 1.